The molecular formula is C20H28N2O5. The summed E-state index contributed by atoms with van der Waals surface area (Å²) in [6.45, 7) is 7.61. The first-order valence-electron chi connectivity index (χ1n) is 9.23. The van der Waals surface area contributed by atoms with Gasteiger partial charge in [-0.25, -0.2) is 0 Å². The van der Waals surface area contributed by atoms with Crippen molar-refractivity contribution in [3.8, 4) is 0 Å². The number of esters is 1. The number of carbonyl (C=O) groups excluding carboxylic acids is 3. The van der Waals surface area contributed by atoms with Gasteiger partial charge in [0.15, 0.2) is 0 Å². The van der Waals surface area contributed by atoms with E-state index in [1.165, 1.54) is 6.92 Å². The number of carbonyl (C=O) groups is 3. The molecule has 1 aliphatic heterocycles. The third-order valence-corrected chi connectivity index (χ3v) is 4.29. The molecule has 0 saturated carbocycles. The quantitative estimate of drug-likeness (QED) is 0.709. The van der Waals surface area contributed by atoms with E-state index in [9.17, 15) is 14.4 Å². The van der Waals surface area contributed by atoms with E-state index in [2.05, 4.69) is 10.6 Å². The maximum atomic E-state index is 12.8. The molecule has 1 aromatic carbocycles. The van der Waals surface area contributed by atoms with Crippen LogP contribution in [-0.4, -0.2) is 42.8 Å². The lowest BCUT2D eigenvalue weighted by atomic mass is 10.0. The van der Waals surface area contributed by atoms with Gasteiger partial charge in [-0.3, -0.25) is 14.4 Å². The lowest BCUT2D eigenvalue weighted by Gasteiger charge is -2.24. The maximum absolute atomic E-state index is 12.8. The fourth-order valence-electron chi connectivity index (χ4n) is 2.92. The first-order chi connectivity index (χ1) is 12.8. The Hall–Kier alpha value is -2.41. The molecule has 0 bridgehead atoms. The van der Waals surface area contributed by atoms with Crippen molar-refractivity contribution >= 4 is 17.8 Å². The highest BCUT2D eigenvalue weighted by atomic mass is 16.7. The van der Waals surface area contributed by atoms with E-state index < -0.39 is 24.3 Å². The van der Waals surface area contributed by atoms with Crippen LogP contribution in [0.1, 0.15) is 49.5 Å². The molecule has 1 fully saturated rings. The smallest absolute Gasteiger partial charge is 0.305 e. The average Bonchev–Trinajstić information content (AvgIpc) is 3.00. The minimum absolute atomic E-state index is 0.211. The summed E-state index contributed by atoms with van der Waals surface area (Å²) in [6, 6.07) is 6.06. The number of benzene rings is 1. The Kier molecular flexibility index (Phi) is 7.36. The predicted octanol–water partition coefficient (Wildman–Crippen LogP) is 1.93. The minimum Gasteiger partial charge on any atom is -0.434 e. The van der Waals surface area contributed by atoms with Gasteiger partial charge in [0.25, 0.3) is 5.91 Å². The van der Waals surface area contributed by atoms with Gasteiger partial charge in [0.2, 0.25) is 12.2 Å². The molecule has 1 saturated heterocycles. The molecule has 27 heavy (non-hydrogen) atoms. The molecule has 3 atom stereocenters. The first-order valence-corrected chi connectivity index (χ1v) is 9.23. The molecule has 1 heterocycles. The Morgan fingerprint density at radius 3 is 2.48 bits per heavy atom. The number of hydrogen-bond donors (Lipinski definition) is 2. The van der Waals surface area contributed by atoms with Gasteiger partial charge in [-0.15, -0.1) is 0 Å². The van der Waals surface area contributed by atoms with E-state index in [4.69, 9.17) is 9.47 Å². The molecule has 148 valence electrons. The Morgan fingerprint density at radius 1 is 1.22 bits per heavy atom. The van der Waals surface area contributed by atoms with Crippen LogP contribution in [0.3, 0.4) is 0 Å². The molecule has 1 aliphatic rings. The second-order valence-electron chi connectivity index (χ2n) is 7.27. The number of ether oxygens (including phenoxy) is 2. The zero-order valence-corrected chi connectivity index (χ0v) is 16.3. The van der Waals surface area contributed by atoms with Crippen molar-refractivity contribution in [3.63, 3.8) is 0 Å². The van der Waals surface area contributed by atoms with Crippen LogP contribution in [0.4, 0.5) is 0 Å². The largest absolute Gasteiger partial charge is 0.434 e. The summed E-state index contributed by atoms with van der Waals surface area (Å²) >= 11 is 0. The van der Waals surface area contributed by atoms with Crippen molar-refractivity contribution in [3.05, 3.63) is 35.4 Å². The summed E-state index contributed by atoms with van der Waals surface area (Å²) in [5, 5.41) is 5.66. The molecule has 0 spiro atoms. The lowest BCUT2D eigenvalue weighted by molar-refractivity contribution is -0.170. The van der Waals surface area contributed by atoms with Crippen molar-refractivity contribution in [2.75, 3.05) is 6.61 Å². The predicted molar refractivity (Wildman–Crippen MR) is 99.9 cm³/mol. The first kappa shape index (κ1) is 20.9. The fraction of sp³-hybridized carbons (Fsp3) is 0.550. The highest BCUT2D eigenvalue weighted by Gasteiger charge is 2.34. The van der Waals surface area contributed by atoms with Crippen LogP contribution < -0.4 is 10.6 Å². The summed E-state index contributed by atoms with van der Waals surface area (Å²) in [4.78, 5) is 36.4. The summed E-state index contributed by atoms with van der Waals surface area (Å²) in [5.41, 5.74) is 1.56. The molecule has 0 aliphatic carbocycles. The number of rotatable bonds is 7. The van der Waals surface area contributed by atoms with E-state index in [1.54, 1.807) is 12.1 Å². The third kappa shape index (κ3) is 6.36. The van der Waals surface area contributed by atoms with Gasteiger partial charge >= 0.3 is 5.97 Å². The average molecular weight is 376 g/mol. The molecule has 0 radical (unpaired) electrons. The van der Waals surface area contributed by atoms with Crippen molar-refractivity contribution in [2.45, 2.75) is 58.9 Å². The van der Waals surface area contributed by atoms with Gasteiger partial charge in [0, 0.05) is 12.5 Å². The molecule has 7 nitrogen and oxygen atoms in total. The highest BCUT2D eigenvalue weighted by molar-refractivity contribution is 5.97. The Labute approximate surface area is 159 Å². The molecule has 0 unspecified atom stereocenters. The second-order valence-corrected chi connectivity index (χ2v) is 7.27. The van der Waals surface area contributed by atoms with Gasteiger partial charge in [-0.2, -0.15) is 0 Å². The second kappa shape index (κ2) is 9.50. The fourth-order valence-corrected chi connectivity index (χ4v) is 2.92. The molecule has 2 N–H and O–H groups in total. The van der Waals surface area contributed by atoms with Gasteiger partial charge in [0.1, 0.15) is 6.04 Å². The SMILES string of the molecule is CC(=O)O[C@@H]1OCC[C@@H]1NC(=O)[C@H](CC(C)C)NC(=O)c1ccc(C)cc1. The molecule has 1 aromatic rings. The van der Waals surface area contributed by atoms with Crippen molar-refractivity contribution in [1.29, 1.82) is 0 Å². The topological polar surface area (TPSA) is 93.7 Å². The van der Waals surface area contributed by atoms with Crippen LogP contribution in [-0.2, 0) is 19.1 Å². The molecular weight excluding hydrogens is 348 g/mol. The van der Waals surface area contributed by atoms with Gasteiger partial charge in [-0.05, 0) is 37.8 Å². The highest BCUT2D eigenvalue weighted by Crippen LogP contribution is 2.16. The Morgan fingerprint density at radius 2 is 1.89 bits per heavy atom. The van der Waals surface area contributed by atoms with Crippen molar-refractivity contribution in [1.82, 2.24) is 10.6 Å². The van der Waals surface area contributed by atoms with Gasteiger partial charge in [0.05, 0.1) is 12.6 Å². The monoisotopic (exact) mass is 376 g/mol. The van der Waals surface area contributed by atoms with Crippen molar-refractivity contribution in [2.24, 2.45) is 5.92 Å². The molecule has 2 rings (SSSR count). The molecule has 0 aromatic heterocycles. The van der Waals surface area contributed by atoms with E-state index in [-0.39, 0.29) is 17.7 Å². The summed E-state index contributed by atoms with van der Waals surface area (Å²) in [7, 11) is 0. The molecule has 2 amide bonds. The normalized spacial score (nSPS) is 20.2. The van der Waals surface area contributed by atoms with E-state index in [1.807, 2.05) is 32.9 Å². The summed E-state index contributed by atoms with van der Waals surface area (Å²) in [6.07, 6.45) is 0.248. The minimum atomic E-state index is -0.793. The Bertz CT molecular complexity index is 671. The van der Waals surface area contributed by atoms with Crippen molar-refractivity contribution < 1.29 is 23.9 Å². The van der Waals surface area contributed by atoms with E-state index in [0.29, 0.717) is 25.0 Å². The van der Waals surface area contributed by atoms with Crippen LogP contribution in [0.15, 0.2) is 24.3 Å². The standard InChI is InChI=1S/C20H28N2O5/c1-12(2)11-17(22-18(24)15-7-5-13(3)6-8-15)19(25)21-16-9-10-26-20(16)27-14(4)23/h5-8,12,16-17,20H,9-11H2,1-4H3,(H,21,25)(H,22,24)/t16-,17-,20-/m0/s1. The van der Waals surface area contributed by atoms with Crippen LogP contribution in [0.25, 0.3) is 0 Å². The zero-order chi connectivity index (χ0) is 20.0. The van der Waals surface area contributed by atoms with E-state index >= 15 is 0 Å². The number of nitrogens with one attached hydrogen (secondary N) is 2. The van der Waals surface area contributed by atoms with Crippen LogP contribution >= 0.6 is 0 Å². The van der Waals surface area contributed by atoms with E-state index in [0.717, 1.165) is 5.56 Å². The van der Waals surface area contributed by atoms with Crippen LogP contribution in [0, 0.1) is 12.8 Å². The Balaban J connectivity index is 2.03. The van der Waals surface area contributed by atoms with Crippen LogP contribution in [0.5, 0.6) is 0 Å². The number of amides is 2. The zero-order valence-electron chi connectivity index (χ0n) is 16.3. The summed E-state index contributed by atoms with van der Waals surface area (Å²) in [5.74, 6) is -0.859. The third-order valence-electron chi connectivity index (χ3n) is 4.29. The van der Waals surface area contributed by atoms with Crippen LogP contribution in [0.2, 0.25) is 0 Å². The van der Waals surface area contributed by atoms with Gasteiger partial charge < -0.3 is 20.1 Å². The van der Waals surface area contributed by atoms with Gasteiger partial charge in [-0.1, -0.05) is 31.5 Å². The number of aryl methyl sites for hydroxylation is 1. The molecule has 7 heteroatoms. The summed E-state index contributed by atoms with van der Waals surface area (Å²) < 4.78 is 10.4. The number of hydrogen-bond acceptors (Lipinski definition) is 5. The lowest BCUT2D eigenvalue weighted by Crippen LogP contribution is -2.52. The maximum Gasteiger partial charge on any atom is 0.305 e.